The summed E-state index contributed by atoms with van der Waals surface area (Å²) >= 11 is 0. The Balaban J connectivity index is 2.92. The molecule has 1 rings (SSSR count). The van der Waals surface area contributed by atoms with Crippen molar-refractivity contribution in [3.05, 3.63) is 18.2 Å². The molecule has 3 nitrogen and oxygen atoms in total. The Morgan fingerprint density at radius 2 is 2.17 bits per heavy atom. The number of alkyl halides is 3. The van der Waals surface area contributed by atoms with E-state index < -0.39 is 12.3 Å². The standard InChI is InChI=1S/C6H7F3N2O/c1-11-3-10-2-4(11)5(12)6(7,8)9/h2-3,5,12H,1H3/t5-/m0/s1. The van der Waals surface area contributed by atoms with E-state index in [1.165, 1.54) is 13.4 Å². The van der Waals surface area contributed by atoms with E-state index in [2.05, 4.69) is 4.98 Å². The van der Waals surface area contributed by atoms with Crippen molar-refractivity contribution in [3.63, 3.8) is 0 Å². The van der Waals surface area contributed by atoms with Gasteiger partial charge in [0.1, 0.15) is 0 Å². The Hall–Kier alpha value is -1.04. The summed E-state index contributed by atoms with van der Waals surface area (Å²) in [5, 5.41) is 8.74. The lowest BCUT2D eigenvalue weighted by atomic mass is 10.2. The van der Waals surface area contributed by atoms with Crippen LogP contribution in [0.3, 0.4) is 0 Å². The molecule has 1 heterocycles. The molecule has 1 aromatic heterocycles. The second-order valence-electron chi connectivity index (χ2n) is 2.37. The van der Waals surface area contributed by atoms with Crippen molar-refractivity contribution in [2.75, 3.05) is 0 Å². The van der Waals surface area contributed by atoms with Gasteiger partial charge in [-0.25, -0.2) is 4.98 Å². The van der Waals surface area contributed by atoms with Crippen LogP contribution in [0.5, 0.6) is 0 Å². The smallest absolute Gasteiger partial charge is 0.378 e. The normalized spacial score (nSPS) is 14.8. The van der Waals surface area contributed by atoms with Gasteiger partial charge in [-0.3, -0.25) is 0 Å². The van der Waals surface area contributed by atoms with Gasteiger partial charge in [-0.1, -0.05) is 0 Å². The van der Waals surface area contributed by atoms with Crippen LogP contribution in [0.2, 0.25) is 0 Å². The van der Waals surface area contributed by atoms with Crippen molar-refractivity contribution in [1.82, 2.24) is 9.55 Å². The Morgan fingerprint density at radius 3 is 2.50 bits per heavy atom. The third kappa shape index (κ3) is 1.58. The summed E-state index contributed by atoms with van der Waals surface area (Å²) in [7, 11) is 1.39. The summed E-state index contributed by atoms with van der Waals surface area (Å²) in [5.74, 6) is 0. The van der Waals surface area contributed by atoms with E-state index in [0.717, 1.165) is 10.8 Å². The van der Waals surface area contributed by atoms with Crippen LogP contribution in [0.4, 0.5) is 13.2 Å². The van der Waals surface area contributed by atoms with Crippen LogP contribution in [0.1, 0.15) is 11.8 Å². The van der Waals surface area contributed by atoms with E-state index in [0.29, 0.717) is 0 Å². The molecule has 1 aromatic rings. The van der Waals surface area contributed by atoms with Crippen molar-refractivity contribution in [3.8, 4) is 0 Å². The Bertz CT molecular complexity index is 268. The van der Waals surface area contributed by atoms with Crippen molar-refractivity contribution in [2.45, 2.75) is 12.3 Å². The number of rotatable bonds is 1. The number of aryl methyl sites for hydroxylation is 1. The molecular weight excluding hydrogens is 173 g/mol. The average Bonchev–Trinajstić information content (AvgIpc) is 2.31. The molecule has 1 atom stereocenters. The SMILES string of the molecule is Cn1cncc1[C@H](O)C(F)(F)F. The second-order valence-corrected chi connectivity index (χ2v) is 2.37. The van der Waals surface area contributed by atoms with Gasteiger partial charge in [0.2, 0.25) is 0 Å². The number of halogens is 3. The number of aliphatic hydroxyl groups excluding tert-OH is 1. The maximum atomic E-state index is 11.9. The van der Waals surface area contributed by atoms with E-state index in [1.54, 1.807) is 0 Å². The van der Waals surface area contributed by atoms with Gasteiger partial charge in [0.15, 0.2) is 6.10 Å². The molecule has 0 bridgehead atoms. The highest BCUT2D eigenvalue weighted by atomic mass is 19.4. The summed E-state index contributed by atoms with van der Waals surface area (Å²) < 4.78 is 36.8. The van der Waals surface area contributed by atoms with E-state index in [4.69, 9.17) is 5.11 Å². The first-order valence-electron chi connectivity index (χ1n) is 3.14. The minimum atomic E-state index is -4.63. The molecule has 0 radical (unpaired) electrons. The van der Waals surface area contributed by atoms with Gasteiger partial charge in [-0.2, -0.15) is 13.2 Å². The number of hydrogen-bond donors (Lipinski definition) is 1. The van der Waals surface area contributed by atoms with Crippen LogP contribution in [0, 0.1) is 0 Å². The lowest BCUT2D eigenvalue weighted by Crippen LogP contribution is -2.22. The third-order valence-corrected chi connectivity index (χ3v) is 1.44. The quantitative estimate of drug-likeness (QED) is 0.700. The fourth-order valence-corrected chi connectivity index (χ4v) is 0.799. The molecule has 12 heavy (non-hydrogen) atoms. The summed E-state index contributed by atoms with van der Waals surface area (Å²) in [4.78, 5) is 3.46. The van der Waals surface area contributed by atoms with Gasteiger partial charge in [0, 0.05) is 7.05 Å². The molecule has 0 aliphatic heterocycles. The maximum absolute atomic E-state index is 11.9. The van der Waals surface area contributed by atoms with Crippen LogP contribution in [0.25, 0.3) is 0 Å². The molecular formula is C6H7F3N2O. The first-order valence-corrected chi connectivity index (χ1v) is 3.14. The van der Waals surface area contributed by atoms with E-state index in [1.807, 2.05) is 0 Å². The molecule has 68 valence electrons. The second kappa shape index (κ2) is 2.78. The minimum absolute atomic E-state index is 0.262. The first-order chi connectivity index (χ1) is 5.43. The number of hydrogen-bond acceptors (Lipinski definition) is 2. The number of nitrogens with zero attached hydrogens (tertiary/aromatic N) is 2. The molecule has 0 amide bonds. The lowest BCUT2D eigenvalue weighted by molar-refractivity contribution is -0.208. The molecule has 1 N–H and O–H groups in total. The van der Waals surface area contributed by atoms with Gasteiger partial charge >= 0.3 is 6.18 Å². The van der Waals surface area contributed by atoms with E-state index in [-0.39, 0.29) is 5.69 Å². The predicted octanol–water partition coefficient (Wildman–Crippen LogP) is 1.02. The monoisotopic (exact) mass is 180 g/mol. The molecule has 0 unspecified atom stereocenters. The third-order valence-electron chi connectivity index (χ3n) is 1.44. The fourth-order valence-electron chi connectivity index (χ4n) is 0.799. The van der Waals surface area contributed by atoms with E-state index >= 15 is 0 Å². The highest BCUT2D eigenvalue weighted by Crippen LogP contribution is 2.31. The van der Waals surface area contributed by atoms with Crippen LogP contribution in [0.15, 0.2) is 12.5 Å². The average molecular weight is 180 g/mol. The predicted molar refractivity (Wildman–Crippen MR) is 34.2 cm³/mol. The Labute approximate surface area is 66.5 Å². The minimum Gasteiger partial charge on any atom is -0.378 e. The van der Waals surface area contributed by atoms with Gasteiger partial charge in [-0.05, 0) is 0 Å². The van der Waals surface area contributed by atoms with E-state index in [9.17, 15) is 13.2 Å². The zero-order valence-electron chi connectivity index (χ0n) is 6.21. The van der Waals surface area contributed by atoms with Crippen LogP contribution in [-0.2, 0) is 7.05 Å². The Kier molecular flexibility index (Phi) is 2.10. The largest absolute Gasteiger partial charge is 0.420 e. The molecule has 0 aromatic carbocycles. The van der Waals surface area contributed by atoms with Crippen LogP contribution < -0.4 is 0 Å². The highest BCUT2D eigenvalue weighted by Gasteiger charge is 2.40. The fraction of sp³-hybridized carbons (Fsp3) is 0.500. The lowest BCUT2D eigenvalue weighted by Gasteiger charge is -2.14. The summed E-state index contributed by atoms with van der Waals surface area (Å²) in [6, 6.07) is 0. The maximum Gasteiger partial charge on any atom is 0.420 e. The molecule has 6 heteroatoms. The zero-order chi connectivity index (χ0) is 9.35. The van der Waals surface area contributed by atoms with Gasteiger partial charge in [-0.15, -0.1) is 0 Å². The molecule has 0 aliphatic rings. The molecule has 0 spiro atoms. The molecule has 0 fully saturated rings. The van der Waals surface area contributed by atoms with Crippen molar-refractivity contribution in [1.29, 1.82) is 0 Å². The first kappa shape index (κ1) is 9.05. The summed E-state index contributed by atoms with van der Waals surface area (Å²) in [6.45, 7) is 0. The Morgan fingerprint density at radius 1 is 1.58 bits per heavy atom. The van der Waals surface area contributed by atoms with Gasteiger partial charge in [0.05, 0.1) is 18.2 Å². The van der Waals surface area contributed by atoms with Crippen molar-refractivity contribution in [2.24, 2.45) is 7.05 Å². The van der Waals surface area contributed by atoms with Crippen LogP contribution in [-0.4, -0.2) is 20.8 Å². The number of imidazole rings is 1. The highest BCUT2D eigenvalue weighted by molar-refractivity contribution is 5.03. The molecule has 0 saturated carbocycles. The topological polar surface area (TPSA) is 38.0 Å². The van der Waals surface area contributed by atoms with Crippen LogP contribution >= 0.6 is 0 Å². The van der Waals surface area contributed by atoms with Crippen molar-refractivity contribution >= 4 is 0 Å². The summed E-state index contributed by atoms with van der Waals surface area (Å²) in [6.07, 6.45) is -4.90. The number of aliphatic hydroxyl groups is 1. The van der Waals surface area contributed by atoms with Crippen molar-refractivity contribution < 1.29 is 18.3 Å². The molecule has 0 aliphatic carbocycles. The van der Waals surface area contributed by atoms with Gasteiger partial charge < -0.3 is 9.67 Å². The number of aromatic nitrogens is 2. The zero-order valence-corrected chi connectivity index (χ0v) is 6.21. The summed E-state index contributed by atoms with van der Waals surface area (Å²) in [5.41, 5.74) is -0.262. The van der Waals surface area contributed by atoms with Gasteiger partial charge in [0.25, 0.3) is 0 Å². The molecule has 0 saturated heterocycles.